The lowest BCUT2D eigenvalue weighted by Crippen LogP contribution is -2.31. The van der Waals surface area contributed by atoms with Crippen LogP contribution in [0.2, 0.25) is 0 Å². The third-order valence-corrected chi connectivity index (χ3v) is 3.81. The average molecular weight is 257 g/mol. The molecule has 0 amide bonds. The van der Waals surface area contributed by atoms with Gasteiger partial charge in [-0.25, -0.2) is 18.5 Å². The maximum absolute atomic E-state index is 11.3. The number of ether oxygens (including phenoxy) is 1. The number of methoxy groups -OCH3 is 1. The molecule has 17 heavy (non-hydrogen) atoms. The third-order valence-electron chi connectivity index (χ3n) is 2.48. The highest BCUT2D eigenvalue weighted by Crippen LogP contribution is 2.22. The molecule has 0 saturated carbocycles. The molecule has 0 aliphatic carbocycles. The Morgan fingerprint density at radius 1 is 1.47 bits per heavy atom. The quantitative estimate of drug-likeness (QED) is 0.772. The van der Waals surface area contributed by atoms with Crippen LogP contribution in [0.25, 0.3) is 0 Å². The zero-order chi connectivity index (χ0) is 13.1. The Labute approximate surface area is 101 Å². The van der Waals surface area contributed by atoms with Crippen LogP contribution in [-0.4, -0.2) is 30.7 Å². The van der Waals surface area contributed by atoms with Gasteiger partial charge in [0.1, 0.15) is 0 Å². The summed E-state index contributed by atoms with van der Waals surface area (Å²) in [6.07, 6.45) is 4.36. The normalized spacial score (nSPS) is 15.0. The van der Waals surface area contributed by atoms with Crippen molar-refractivity contribution in [2.75, 3.05) is 7.11 Å². The maximum Gasteiger partial charge on any atom is 0.231 e. The van der Waals surface area contributed by atoms with Gasteiger partial charge in [0.25, 0.3) is 0 Å². The van der Waals surface area contributed by atoms with Gasteiger partial charge in [0.2, 0.25) is 15.9 Å². The summed E-state index contributed by atoms with van der Waals surface area (Å²) in [5.41, 5.74) is 0.488. The van der Waals surface area contributed by atoms with Crippen molar-refractivity contribution >= 4 is 10.0 Å². The molecule has 0 fully saturated rings. The minimum absolute atomic E-state index is 0.361. The van der Waals surface area contributed by atoms with Crippen LogP contribution in [0.5, 0.6) is 5.88 Å². The summed E-state index contributed by atoms with van der Waals surface area (Å²) in [7, 11) is -2.17. The van der Waals surface area contributed by atoms with Gasteiger partial charge < -0.3 is 4.74 Å². The summed E-state index contributed by atoms with van der Waals surface area (Å²) < 4.78 is 27.4. The van der Waals surface area contributed by atoms with E-state index >= 15 is 0 Å². The molecule has 7 heteroatoms. The van der Waals surface area contributed by atoms with E-state index in [9.17, 15) is 8.42 Å². The fourth-order valence-corrected chi connectivity index (χ4v) is 2.02. The number of nitrogens with two attached hydrogens (primary N) is 1. The number of hydrogen-bond donors (Lipinski definition) is 1. The SMILES string of the molecule is C=C[C@H](c1cnc(OC)cn1)[C@H](C)S(N)(=O)=O. The molecule has 0 aliphatic rings. The monoisotopic (exact) mass is 257 g/mol. The van der Waals surface area contributed by atoms with Crippen LogP contribution in [0.3, 0.4) is 0 Å². The van der Waals surface area contributed by atoms with Gasteiger partial charge in [-0.3, -0.25) is 4.98 Å². The number of rotatable bonds is 5. The molecule has 0 radical (unpaired) electrons. The molecule has 0 aromatic carbocycles. The third kappa shape index (κ3) is 3.24. The fourth-order valence-electron chi connectivity index (χ4n) is 1.36. The number of allylic oxidation sites excluding steroid dienone is 1. The first kappa shape index (κ1) is 13.6. The highest BCUT2D eigenvalue weighted by molar-refractivity contribution is 7.89. The Bertz CT molecular complexity index is 484. The van der Waals surface area contributed by atoms with E-state index in [1.54, 1.807) is 0 Å². The van der Waals surface area contributed by atoms with Gasteiger partial charge in [-0.2, -0.15) is 0 Å². The van der Waals surface area contributed by atoms with Crippen LogP contribution in [0, 0.1) is 0 Å². The van der Waals surface area contributed by atoms with Crippen LogP contribution in [0.4, 0.5) is 0 Å². The Morgan fingerprint density at radius 2 is 2.12 bits per heavy atom. The van der Waals surface area contributed by atoms with Crippen LogP contribution in [-0.2, 0) is 10.0 Å². The summed E-state index contributed by atoms with van der Waals surface area (Å²) in [5, 5.41) is 4.30. The summed E-state index contributed by atoms with van der Waals surface area (Å²) >= 11 is 0. The van der Waals surface area contributed by atoms with Gasteiger partial charge in [0, 0.05) is 5.92 Å². The van der Waals surface area contributed by atoms with Crippen molar-refractivity contribution in [3.8, 4) is 5.88 Å². The van der Waals surface area contributed by atoms with Crippen LogP contribution >= 0.6 is 0 Å². The first-order chi connectivity index (χ1) is 7.90. The Morgan fingerprint density at radius 3 is 2.47 bits per heavy atom. The molecule has 2 N–H and O–H groups in total. The topological polar surface area (TPSA) is 95.2 Å². The van der Waals surface area contributed by atoms with Crippen molar-refractivity contribution in [2.45, 2.75) is 18.1 Å². The standard InChI is InChI=1S/C10H15N3O3S/c1-4-8(7(2)17(11,14)15)9-5-13-10(16-3)6-12-9/h4-8H,1H2,2-3H3,(H2,11,14,15)/t7-,8-/m0/s1. The molecular formula is C10H15N3O3S. The highest BCUT2D eigenvalue weighted by atomic mass is 32.2. The molecule has 1 heterocycles. The molecule has 0 unspecified atom stereocenters. The first-order valence-electron chi connectivity index (χ1n) is 4.90. The molecule has 0 aliphatic heterocycles. The number of primary sulfonamides is 1. The molecule has 1 aromatic rings. The van der Waals surface area contributed by atoms with Crippen molar-refractivity contribution < 1.29 is 13.2 Å². The van der Waals surface area contributed by atoms with Crippen molar-refractivity contribution in [1.82, 2.24) is 9.97 Å². The second-order valence-electron chi connectivity index (χ2n) is 3.54. The van der Waals surface area contributed by atoms with E-state index < -0.39 is 21.2 Å². The summed E-state index contributed by atoms with van der Waals surface area (Å²) in [4.78, 5) is 8.04. The number of aromatic nitrogens is 2. The Hall–Kier alpha value is -1.47. The Kier molecular flexibility index (Phi) is 4.19. The van der Waals surface area contributed by atoms with E-state index in [0.717, 1.165) is 0 Å². The van der Waals surface area contributed by atoms with Gasteiger partial charge in [-0.05, 0) is 6.92 Å². The average Bonchev–Trinajstić information content (AvgIpc) is 2.29. The largest absolute Gasteiger partial charge is 0.480 e. The van der Waals surface area contributed by atoms with E-state index in [1.165, 1.54) is 32.5 Å². The van der Waals surface area contributed by atoms with Crippen molar-refractivity contribution in [3.05, 3.63) is 30.7 Å². The second kappa shape index (κ2) is 5.24. The van der Waals surface area contributed by atoms with Crippen molar-refractivity contribution in [1.29, 1.82) is 0 Å². The molecule has 94 valence electrons. The molecule has 1 aromatic heterocycles. The zero-order valence-corrected chi connectivity index (χ0v) is 10.5. The van der Waals surface area contributed by atoms with Crippen molar-refractivity contribution in [3.63, 3.8) is 0 Å². The van der Waals surface area contributed by atoms with Gasteiger partial charge in [0.05, 0.1) is 30.4 Å². The van der Waals surface area contributed by atoms with E-state index in [0.29, 0.717) is 11.6 Å². The van der Waals surface area contributed by atoms with Crippen molar-refractivity contribution in [2.24, 2.45) is 5.14 Å². The maximum atomic E-state index is 11.3. The molecule has 2 atom stereocenters. The minimum atomic E-state index is -3.65. The molecule has 0 saturated heterocycles. The lowest BCUT2D eigenvalue weighted by molar-refractivity contribution is 0.395. The molecule has 1 rings (SSSR count). The smallest absolute Gasteiger partial charge is 0.231 e. The molecular weight excluding hydrogens is 242 g/mol. The van der Waals surface area contributed by atoms with E-state index in [2.05, 4.69) is 16.5 Å². The van der Waals surface area contributed by atoms with Gasteiger partial charge in [0.15, 0.2) is 0 Å². The molecule has 6 nitrogen and oxygen atoms in total. The van der Waals surface area contributed by atoms with Crippen LogP contribution in [0.15, 0.2) is 25.0 Å². The van der Waals surface area contributed by atoms with Gasteiger partial charge >= 0.3 is 0 Å². The second-order valence-corrected chi connectivity index (χ2v) is 5.46. The molecule has 0 spiro atoms. The van der Waals surface area contributed by atoms with Crippen LogP contribution in [0.1, 0.15) is 18.5 Å². The minimum Gasteiger partial charge on any atom is -0.480 e. The highest BCUT2D eigenvalue weighted by Gasteiger charge is 2.26. The summed E-state index contributed by atoms with van der Waals surface area (Å²) in [6.45, 7) is 5.10. The lowest BCUT2D eigenvalue weighted by atomic mass is 10.0. The summed E-state index contributed by atoms with van der Waals surface area (Å²) in [6, 6.07) is 0. The lowest BCUT2D eigenvalue weighted by Gasteiger charge is -2.17. The van der Waals surface area contributed by atoms with Gasteiger partial charge in [-0.1, -0.05) is 6.08 Å². The predicted octanol–water partition coefficient (Wildman–Crippen LogP) is 0.432. The van der Waals surface area contributed by atoms with E-state index in [4.69, 9.17) is 9.88 Å². The van der Waals surface area contributed by atoms with E-state index in [-0.39, 0.29) is 0 Å². The molecule has 0 bridgehead atoms. The predicted molar refractivity (Wildman–Crippen MR) is 64.1 cm³/mol. The number of sulfonamides is 1. The number of hydrogen-bond acceptors (Lipinski definition) is 5. The van der Waals surface area contributed by atoms with Gasteiger partial charge in [-0.15, -0.1) is 6.58 Å². The number of nitrogens with zero attached hydrogens (tertiary/aromatic N) is 2. The summed E-state index contributed by atoms with van der Waals surface area (Å²) in [5.74, 6) is -0.136. The zero-order valence-electron chi connectivity index (χ0n) is 9.70. The Balaban J connectivity index is 3.05. The fraction of sp³-hybridized carbons (Fsp3) is 0.400. The van der Waals surface area contributed by atoms with E-state index in [1.807, 2.05) is 0 Å². The van der Waals surface area contributed by atoms with Crippen LogP contribution < -0.4 is 9.88 Å². The first-order valence-corrected chi connectivity index (χ1v) is 6.51.